The summed E-state index contributed by atoms with van der Waals surface area (Å²) in [5.74, 6) is -0.506. The van der Waals surface area contributed by atoms with Crippen molar-refractivity contribution in [1.82, 2.24) is 9.88 Å². The van der Waals surface area contributed by atoms with Crippen molar-refractivity contribution in [3.05, 3.63) is 51.2 Å². The van der Waals surface area contributed by atoms with Crippen LogP contribution in [0, 0.1) is 12.7 Å². The van der Waals surface area contributed by atoms with Crippen molar-refractivity contribution in [2.24, 2.45) is 10.9 Å². The molecule has 0 amide bonds. The van der Waals surface area contributed by atoms with Crippen LogP contribution in [0.5, 0.6) is 0 Å². The number of amidine groups is 1. The zero-order chi connectivity index (χ0) is 15.4. The molecule has 0 spiro atoms. The number of hydrogen-bond acceptors (Lipinski definition) is 5. The zero-order valence-corrected chi connectivity index (χ0v) is 12.7. The predicted molar refractivity (Wildman–Crippen MR) is 80.9 cm³/mol. The number of thiazole rings is 1. The van der Waals surface area contributed by atoms with E-state index in [1.165, 1.54) is 17.0 Å². The van der Waals surface area contributed by atoms with Crippen LogP contribution in [0.15, 0.2) is 28.9 Å². The zero-order valence-electron chi connectivity index (χ0n) is 11.9. The lowest BCUT2D eigenvalue weighted by Gasteiger charge is -2.16. The highest BCUT2D eigenvalue weighted by atomic mass is 32.1. The number of nitrogens with zero attached hydrogens (tertiary/aromatic N) is 3. The van der Waals surface area contributed by atoms with Gasteiger partial charge in [0, 0.05) is 23.5 Å². The fraction of sp³-hybridized carbons (Fsp3) is 0.286. The second kappa shape index (κ2) is 6.64. The Bertz CT molecular complexity index is 656. The lowest BCUT2D eigenvalue weighted by Crippen LogP contribution is -2.18. The van der Waals surface area contributed by atoms with Gasteiger partial charge in [-0.3, -0.25) is 4.90 Å². The Morgan fingerprint density at radius 1 is 1.43 bits per heavy atom. The smallest absolute Gasteiger partial charge is 0.170 e. The molecule has 7 heteroatoms. The van der Waals surface area contributed by atoms with Gasteiger partial charge >= 0.3 is 0 Å². The molecule has 0 radical (unpaired) electrons. The van der Waals surface area contributed by atoms with Crippen LogP contribution < -0.4 is 5.73 Å². The Balaban J connectivity index is 2.12. The van der Waals surface area contributed by atoms with Crippen LogP contribution in [0.4, 0.5) is 4.39 Å². The molecule has 1 aromatic heterocycles. The Hall–Kier alpha value is -1.99. The number of nitrogens with two attached hydrogens (primary N) is 1. The Morgan fingerprint density at radius 2 is 2.19 bits per heavy atom. The maximum absolute atomic E-state index is 13.6. The van der Waals surface area contributed by atoms with Gasteiger partial charge in [-0.05, 0) is 37.7 Å². The van der Waals surface area contributed by atoms with Gasteiger partial charge in [-0.1, -0.05) is 5.16 Å². The number of halogens is 1. The SMILES string of the molecule is Cc1ncsc1CN(C)Cc1cc(F)cc(/C(N)=N/O)c1. The molecule has 0 saturated heterocycles. The maximum Gasteiger partial charge on any atom is 0.170 e. The van der Waals surface area contributed by atoms with Crippen molar-refractivity contribution in [2.45, 2.75) is 20.0 Å². The first-order valence-corrected chi connectivity index (χ1v) is 7.22. The van der Waals surface area contributed by atoms with E-state index in [2.05, 4.69) is 15.0 Å². The third-order valence-electron chi connectivity index (χ3n) is 3.07. The summed E-state index contributed by atoms with van der Waals surface area (Å²) in [6.45, 7) is 3.27. The van der Waals surface area contributed by atoms with E-state index in [-0.39, 0.29) is 5.84 Å². The van der Waals surface area contributed by atoms with Crippen LogP contribution in [0.1, 0.15) is 21.7 Å². The predicted octanol–water partition coefficient (Wildman–Crippen LogP) is 2.32. The van der Waals surface area contributed by atoms with Crippen molar-refractivity contribution < 1.29 is 9.60 Å². The molecule has 21 heavy (non-hydrogen) atoms. The van der Waals surface area contributed by atoms with Gasteiger partial charge in [-0.25, -0.2) is 9.37 Å². The molecule has 3 N–H and O–H groups in total. The average molecular weight is 308 g/mol. The molecule has 0 saturated carbocycles. The molecule has 0 bridgehead atoms. The minimum Gasteiger partial charge on any atom is -0.409 e. The molecular formula is C14H17FN4OS. The number of rotatable bonds is 5. The van der Waals surface area contributed by atoms with Crippen LogP contribution in [0.25, 0.3) is 0 Å². The molecule has 0 aliphatic carbocycles. The normalized spacial score (nSPS) is 12.1. The van der Waals surface area contributed by atoms with Gasteiger partial charge in [-0.15, -0.1) is 11.3 Å². The summed E-state index contributed by atoms with van der Waals surface area (Å²) in [5, 5.41) is 11.6. The van der Waals surface area contributed by atoms with Crippen LogP contribution in [-0.4, -0.2) is 28.0 Å². The Morgan fingerprint density at radius 3 is 2.81 bits per heavy atom. The van der Waals surface area contributed by atoms with Crippen molar-refractivity contribution in [1.29, 1.82) is 0 Å². The molecule has 1 aromatic carbocycles. The largest absolute Gasteiger partial charge is 0.409 e. The average Bonchev–Trinajstić information content (AvgIpc) is 2.82. The van der Waals surface area contributed by atoms with Crippen LogP contribution in [-0.2, 0) is 13.1 Å². The van der Waals surface area contributed by atoms with Crippen molar-refractivity contribution in [3.63, 3.8) is 0 Å². The summed E-state index contributed by atoms with van der Waals surface area (Å²) in [7, 11) is 1.95. The highest BCUT2D eigenvalue weighted by molar-refractivity contribution is 7.09. The Kier molecular flexibility index (Phi) is 4.87. The van der Waals surface area contributed by atoms with Gasteiger partial charge in [-0.2, -0.15) is 0 Å². The first-order valence-electron chi connectivity index (χ1n) is 6.34. The van der Waals surface area contributed by atoms with E-state index in [1.807, 2.05) is 19.5 Å². The lowest BCUT2D eigenvalue weighted by atomic mass is 10.1. The molecule has 112 valence electrons. The summed E-state index contributed by atoms with van der Waals surface area (Å²) < 4.78 is 13.6. The standard InChI is InChI=1S/C14H17FN4OS/c1-9-13(21-8-17-9)7-19(2)6-10-3-11(14(16)18-20)5-12(15)4-10/h3-5,8,20H,6-7H2,1-2H3,(H2,16,18). The summed E-state index contributed by atoms with van der Waals surface area (Å²) in [6.07, 6.45) is 0. The quantitative estimate of drug-likeness (QED) is 0.385. The van der Waals surface area contributed by atoms with E-state index in [9.17, 15) is 4.39 Å². The minimum absolute atomic E-state index is 0.100. The van der Waals surface area contributed by atoms with Gasteiger partial charge in [0.2, 0.25) is 0 Å². The van der Waals surface area contributed by atoms with E-state index in [1.54, 1.807) is 17.4 Å². The van der Waals surface area contributed by atoms with Gasteiger partial charge < -0.3 is 10.9 Å². The number of hydrogen-bond donors (Lipinski definition) is 2. The molecule has 0 aliphatic heterocycles. The molecular weight excluding hydrogens is 291 g/mol. The second-order valence-corrected chi connectivity index (χ2v) is 5.81. The van der Waals surface area contributed by atoms with E-state index < -0.39 is 5.82 Å². The van der Waals surface area contributed by atoms with E-state index in [0.29, 0.717) is 12.1 Å². The molecule has 0 fully saturated rings. The Labute approximate surface area is 126 Å². The molecule has 1 heterocycles. The van der Waals surface area contributed by atoms with E-state index in [0.717, 1.165) is 17.8 Å². The van der Waals surface area contributed by atoms with E-state index in [4.69, 9.17) is 10.9 Å². The molecule has 2 rings (SSSR count). The molecule has 0 atom stereocenters. The van der Waals surface area contributed by atoms with Crippen molar-refractivity contribution in [2.75, 3.05) is 7.05 Å². The summed E-state index contributed by atoms with van der Waals surface area (Å²) in [5.41, 5.74) is 9.47. The molecule has 0 unspecified atom stereocenters. The topological polar surface area (TPSA) is 74.7 Å². The number of benzene rings is 1. The second-order valence-electron chi connectivity index (χ2n) is 4.87. The first-order chi connectivity index (χ1) is 9.99. The van der Waals surface area contributed by atoms with Crippen LogP contribution >= 0.6 is 11.3 Å². The molecule has 2 aromatic rings. The first kappa shape index (κ1) is 15.4. The summed E-state index contributed by atoms with van der Waals surface area (Å²) in [6, 6.07) is 4.41. The van der Waals surface area contributed by atoms with Gasteiger partial charge in [0.05, 0.1) is 11.2 Å². The van der Waals surface area contributed by atoms with Gasteiger partial charge in [0.1, 0.15) is 5.82 Å². The molecule has 0 aliphatic rings. The number of oxime groups is 1. The highest BCUT2D eigenvalue weighted by Gasteiger charge is 2.09. The van der Waals surface area contributed by atoms with Crippen LogP contribution in [0.2, 0.25) is 0 Å². The van der Waals surface area contributed by atoms with Crippen LogP contribution in [0.3, 0.4) is 0 Å². The van der Waals surface area contributed by atoms with Gasteiger partial charge in [0.15, 0.2) is 5.84 Å². The fourth-order valence-electron chi connectivity index (χ4n) is 2.04. The maximum atomic E-state index is 13.6. The lowest BCUT2D eigenvalue weighted by molar-refractivity contribution is 0.318. The van der Waals surface area contributed by atoms with Gasteiger partial charge in [0.25, 0.3) is 0 Å². The number of aromatic nitrogens is 1. The van der Waals surface area contributed by atoms with Crippen molar-refractivity contribution in [3.8, 4) is 0 Å². The van der Waals surface area contributed by atoms with Crippen molar-refractivity contribution >= 4 is 17.2 Å². The summed E-state index contributed by atoms with van der Waals surface area (Å²) >= 11 is 1.60. The monoisotopic (exact) mass is 308 g/mol. The summed E-state index contributed by atoms with van der Waals surface area (Å²) in [4.78, 5) is 7.46. The fourth-order valence-corrected chi connectivity index (χ4v) is 2.89. The minimum atomic E-state index is -0.406. The number of aryl methyl sites for hydroxylation is 1. The van der Waals surface area contributed by atoms with E-state index >= 15 is 0 Å². The molecule has 5 nitrogen and oxygen atoms in total. The highest BCUT2D eigenvalue weighted by Crippen LogP contribution is 2.17. The third kappa shape index (κ3) is 3.99. The third-order valence-corrected chi connectivity index (χ3v) is 3.99.